The van der Waals surface area contributed by atoms with E-state index in [2.05, 4.69) is 16.9 Å². The lowest BCUT2D eigenvalue weighted by Gasteiger charge is -2.07. The van der Waals surface area contributed by atoms with E-state index in [1.165, 1.54) is 0 Å². The van der Waals surface area contributed by atoms with Crippen molar-refractivity contribution in [2.75, 3.05) is 6.61 Å². The van der Waals surface area contributed by atoms with E-state index >= 15 is 0 Å². The van der Waals surface area contributed by atoms with E-state index in [0.29, 0.717) is 5.92 Å². The molecule has 1 rings (SSSR count). The second kappa shape index (κ2) is 4.83. The molecule has 3 nitrogen and oxygen atoms in total. The first-order chi connectivity index (χ1) is 5.83. The van der Waals surface area contributed by atoms with E-state index in [4.69, 9.17) is 5.11 Å². The quantitative estimate of drug-likeness (QED) is 0.726. The fourth-order valence-electron chi connectivity index (χ4n) is 1.11. The van der Waals surface area contributed by atoms with Crippen LogP contribution in [0.5, 0.6) is 0 Å². The molecule has 0 aliphatic heterocycles. The highest BCUT2D eigenvalue weighted by Gasteiger charge is 2.02. The van der Waals surface area contributed by atoms with Gasteiger partial charge < -0.3 is 5.11 Å². The third-order valence-corrected chi connectivity index (χ3v) is 1.80. The molecule has 0 bridgehead atoms. The minimum atomic E-state index is 0.251. The van der Waals surface area contributed by atoms with Crippen LogP contribution >= 0.6 is 0 Å². The molecule has 0 saturated heterocycles. The zero-order valence-electron chi connectivity index (χ0n) is 7.27. The lowest BCUT2D eigenvalue weighted by atomic mass is 10.0. The van der Waals surface area contributed by atoms with Crippen LogP contribution in [0.25, 0.3) is 0 Å². The Morgan fingerprint density at radius 1 is 1.50 bits per heavy atom. The fraction of sp³-hybridized carbons (Fsp3) is 0.556. The van der Waals surface area contributed by atoms with Gasteiger partial charge in [0.2, 0.25) is 0 Å². The molecule has 12 heavy (non-hydrogen) atoms. The maximum atomic E-state index is 8.68. The smallest absolute Gasteiger partial charge is 0.0589 e. The second-order valence-corrected chi connectivity index (χ2v) is 3.02. The van der Waals surface area contributed by atoms with Crippen molar-refractivity contribution in [3.63, 3.8) is 0 Å². The highest BCUT2D eigenvalue weighted by Crippen LogP contribution is 2.07. The summed E-state index contributed by atoms with van der Waals surface area (Å²) in [4.78, 5) is 8.13. The molecule has 0 saturated carbocycles. The van der Waals surface area contributed by atoms with Crippen LogP contribution in [-0.2, 0) is 6.42 Å². The molecule has 0 amide bonds. The molecule has 1 unspecified atom stereocenters. The molecule has 66 valence electrons. The first kappa shape index (κ1) is 9.13. The largest absolute Gasteiger partial charge is 0.396 e. The number of aliphatic hydroxyl groups excluding tert-OH is 1. The topological polar surface area (TPSA) is 46.0 Å². The summed E-state index contributed by atoms with van der Waals surface area (Å²) < 4.78 is 0. The zero-order valence-corrected chi connectivity index (χ0v) is 7.27. The SMILES string of the molecule is CC(CCO)Cc1cnccn1. The fourth-order valence-corrected chi connectivity index (χ4v) is 1.11. The summed E-state index contributed by atoms with van der Waals surface area (Å²) in [5, 5.41) is 8.68. The summed E-state index contributed by atoms with van der Waals surface area (Å²) >= 11 is 0. The van der Waals surface area contributed by atoms with Gasteiger partial charge in [0, 0.05) is 25.2 Å². The van der Waals surface area contributed by atoms with E-state index in [1.54, 1.807) is 18.6 Å². The lowest BCUT2D eigenvalue weighted by molar-refractivity contribution is 0.262. The number of hydrogen-bond donors (Lipinski definition) is 1. The molecule has 1 aromatic heterocycles. The second-order valence-electron chi connectivity index (χ2n) is 3.02. The first-order valence-corrected chi connectivity index (χ1v) is 4.18. The van der Waals surface area contributed by atoms with Crippen molar-refractivity contribution in [3.8, 4) is 0 Å². The molecular formula is C9H14N2O. The molecule has 0 fully saturated rings. The molecule has 1 aromatic rings. The monoisotopic (exact) mass is 166 g/mol. The van der Waals surface area contributed by atoms with E-state index < -0.39 is 0 Å². The van der Waals surface area contributed by atoms with Crippen LogP contribution < -0.4 is 0 Å². The summed E-state index contributed by atoms with van der Waals surface area (Å²) in [7, 11) is 0. The number of hydrogen-bond acceptors (Lipinski definition) is 3. The molecule has 0 spiro atoms. The molecule has 0 aromatic carbocycles. The van der Waals surface area contributed by atoms with Crippen LogP contribution in [0.2, 0.25) is 0 Å². The van der Waals surface area contributed by atoms with Gasteiger partial charge in [-0.3, -0.25) is 9.97 Å². The maximum absolute atomic E-state index is 8.68. The molecule has 0 aliphatic carbocycles. The number of aliphatic hydroxyl groups is 1. The number of aromatic nitrogens is 2. The summed E-state index contributed by atoms with van der Waals surface area (Å²) in [6, 6.07) is 0. The summed E-state index contributed by atoms with van der Waals surface area (Å²) in [6.45, 7) is 2.35. The van der Waals surface area contributed by atoms with Gasteiger partial charge in [-0.05, 0) is 18.8 Å². The Bertz CT molecular complexity index is 213. The van der Waals surface area contributed by atoms with Crippen molar-refractivity contribution in [2.24, 2.45) is 5.92 Å². The molecular weight excluding hydrogens is 152 g/mol. The molecule has 0 radical (unpaired) electrons. The summed E-state index contributed by atoms with van der Waals surface area (Å²) in [6.07, 6.45) is 6.86. The van der Waals surface area contributed by atoms with E-state index in [0.717, 1.165) is 18.5 Å². The Morgan fingerprint density at radius 3 is 2.92 bits per heavy atom. The minimum absolute atomic E-state index is 0.251. The highest BCUT2D eigenvalue weighted by atomic mass is 16.3. The van der Waals surface area contributed by atoms with Crippen LogP contribution in [0.1, 0.15) is 19.0 Å². The maximum Gasteiger partial charge on any atom is 0.0589 e. The van der Waals surface area contributed by atoms with Gasteiger partial charge in [0.05, 0.1) is 5.69 Å². The van der Waals surface area contributed by atoms with E-state index in [-0.39, 0.29) is 6.61 Å². The Kier molecular flexibility index (Phi) is 3.67. The average Bonchev–Trinajstić information content (AvgIpc) is 2.06. The summed E-state index contributed by atoms with van der Waals surface area (Å²) in [5.74, 6) is 0.478. The predicted molar refractivity (Wildman–Crippen MR) is 46.6 cm³/mol. The molecule has 1 N–H and O–H groups in total. The van der Waals surface area contributed by atoms with Crippen LogP contribution in [-0.4, -0.2) is 21.7 Å². The molecule has 0 aliphatic rings. The van der Waals surface area contributed by atoms with Gasteiger partial charge in [-0.15, -0.1) is 0 Å². The van der Waals surface area contributed by atoms with Crippen LogP contribution in [0.15, 0.2) is 18.6 Å². The number of rotatable bonds is 4. The third-order valence-electron chi connectivity index (χ3n) is 1.80. The van der Waals surface area contributed by atoms with Gasteiger partial charge in [-0.1, -0.05) is 6.92 Å². The highest BCUT2D eigenvalue weighted by molar-refractivity contribution is 4.95. The van der Waals surface area contributed by atoms with Crippen molar-refractivity contribution >= 4 is 0 Å². The van der Waals surface area contributed by atoms with Crippen LogP contribution in [0, 0.1) is 5.92 Å². The van der Waals surface area contributed by atoms with Crippen molar-refractivity contribution in [3.05, 3.63) is 24.3 Å². The Balaban J connectivity index is 2.41. The first-order valence-electron chi connectivity index (χ1n) is 4.18. The van der Waals surface area contributed by atoms with Gasteiger partial charge in [0.15, 0.2) is 0 Å². The van der Waals surface area contributed by atoms with Gasteiger partial charge in [-0.25, -0.2) is 0 Å². The van der Waals surface area contributed by atoms with Gasteiger partial charge in [0.25, 0.3) is 0 Å². The normalized spacial score (nSPS) is 12.8. The lowest BCUT2D eigenvalue weighted by Crippen LogP contribution is -2.03. The van der Waals surface area contributed by atoms with Crippen LogP contribution in [0.3, 0.4) is 0 Å². The molecule has 1 atom stereocenters. The third kappa shape index (κ3) is 2.96. The Labute approximate surface area is 72.5 Å². The van der Waals surface area contributed by atoms with Crippen molar-refractivity contribution in [2.45, 2.75) is 19.8 Å². The minimum Gasteiger partial charge on any atom is -0.396 e. The van der Waals surface area contributed by atoms with Gasteiger partial charge in [0.1, 0.15) is 0 Å². The molecule has 1 heterocycles. The van der Waals surface area contributed by atoms with Crippen LogP contribution in [0.4, 0.5) is 0 Å². The summed E-state index contributed by atoms with van der Waals surface area (Å²) in [5.41, 5.74) is 0.999. The average molecular weight is 166 g/mol. The Morgan fingerprint density at radius 2 is 2.33 bits per heavy atom. The predicted octanol–water partition coefficient (Wildman–Crippen LogP) is 1.04. The van der Waals surface area contributed by atoms with Crippen molar-refractivity contribution in [1.82, 2.24) is 9.97 Å². The standard InChI is InChI=1S/C9H14N2O/c1-8(2-5-12)6-9-7-10-3-4-11-9/h3-4,7-8,12H,2,5-6H2,1H3. The molecule has 3 heteroatoms. The van der Waals surface area contributed by atoms with Crippen molar-refractivity contribution in [1.29, 1.82) is 0 Å². The zero-order chi connectivity index (χ0) is 8.81. The Hall–Kier alpha value is -0.960. The van der Waals surface area contributed by atoms with E-state index in [1.807, 2.05) is 0 Å². The van der Waals surface area contributed by atoms with E-state index in [9.17, 15) is 0 Å². The van der Waals surface area contributed by atoms with Gasteiger partial charge >= 0.3 is 0 Å². The van der Waals surface area contributed by atoms with Crippen molar-refractivity contribution < 1.29 is 5.11 Å². The van der Waals surface area contributed by atoms with Gasteiger partial charge in [-0.2, -0.15) is 0 Å². The number of nitrogens with zero attached hydrogens (tertiary/aromatic N) is 2.